The van der Waals surface area contributed by atoms with Gasteiger partial charge in [0, 0.05) is 18.2 Å². The van der Waals surface area contributed by atoms with Crippen molar-refractivity contribution in [3.63, 3.8) is 0 Å². The largest absolute Gasteiger partial charge is 0.417 e. The van der Waals surface area contributed by atoms with Gasteiger partial charge in [-0.3, -0.25) is 4.79 Å². The molecule has 0 aliphatic carbocycles. The highest BCUT2D eigenvalue weighted by atomic mass is 35.5. The number of alkyl halides is 3. The molecular formula is C20H18ClF3N4O. The Balaban J connectivity index is 1.82. The van der Waals surface area contributed by atoms with Gasteiger partial charge in [-0.05, 0) is 17.7 Å². The van der Waals surface area contributed by atoms with Gasteiger partial charge < -0.3 is 5.32 Å². The van der Waals surface area contributed by atoms with Crippen LogP contribution < -0.4 is 10.9 Å². The van der Waals surface area contributed by atoms with Gasteiger partial charge in [0.05, 0.1) is 17.4 Å². The summed E-state index contributed by atoms with van der Waals surface area (Å²) in [5.41, 5.74) is -0.389. The van der Waals surface area contributed by atoms with Gasteiger partial charge in [-0.1, -0.05) is 55.8 Å². The number of anilines is 1. The molecule has 29 heavy (non-hydrogen) atoms. The van der Waals surface area contributed by atoms with Crippen LogP contribution in [0.3, 0.4) is 0 Å². The lowest BCUT2D eigenvalue weighted by atomic mass is 9.84. The first-order valence-electron chi connectivity index (χ1n) is 8.70. The molecule has 2 heterocycles. The molecule has 0 saturated carbocycles. The van der Waals surface area contributed by atoms with E-state index in [1.54, 1.807) is 0 Å². The Morgan fingerprint density at radius 2 is 1.72 bits per heavy atom. The minimum atomic E-state index is -4.51. The molecule has 0 amide bonds. The first kappa shape index (κ1) is 20.9. The molecule has 0 spiro atoms. The third-order valence-corrected chi connectivity index (χ3v) is 4.85. The Kier molecular flexibility index (Phi) is 5.66. The number of aromatic nitrogens is 3. The number of halogens is 4. The van der Waals surface area contributed by atoms with Crippen molar-refractivity contribution in [2.24, 2.45) is 0 Å². The maximum Gasteiger partial charge on any atom is 0.417 e. The lowest BCUT2D eigenvalue weighted by Crippen LogP contribution is -2.29. The zero-order valence-electron chi connectivity index (χ0n) is 15.7. The van der Waals surface area contributed by atoms with Crippen molar-refractivity contribution in [1.82, 2.24) is 14.8 Å². The topological polar surface area (TPSA) is 59.8 Å². The fraction of sp³-hybridized carbons (Fsp3) is 0.250. The van der Waals surface area contributed by atoms with Crippen LogP contribution in [-0.4, -0.2) is 21.3 Å². The molecule has 9 heteroatoms. The monoisotopic (exact) mass is 422 g/mol. The standard InChI is InChI=1S/C20H18ClF3N4O/c1-19(2,13-6-4-3-5-7-13)12-26-15-11-27-28(18(29)17(15)21)16-9-8-14(10-25-16)20(22,23)24/h3-11,26H,12H2,1-2H3. The SMILES string of the molecule is CC(C)(CNc1cnn(-c2ccc(C(F)(F)F)cn2)c(=O)c1Cl)c1ccccc1. The fourth-order valence-corrected chi connectivity index (χ4v) is 2.90. The summed E-state index contributed by atoms with van der Waals surface area (Å²) in [7, 11) is 0. The molecule has 0 aliphatic rings. The van der Waals surface area contributed by atoms with Crippen LogP contribution in [0.1, 0.15) is 25.0 Å². The molecule has 1 N–H and O–H groups in total. The fourth-order valence-electron chi connectivity index (χ4n) is 2.71. The molecule has 1 aromatic carbocycles. The van der Waals surface area contributed by atoms with Gasteiger partial charge in [-0.15, -0.1) is 0 Å². The van der Waals surface area contributed by atoms with Crippen LogP contribution in [0.15, 0.2) is 59.7 Å². The predicted octanol–water partition coefficient (Wildman–Crippen LogP) is 4.69. The summed E-state index contributed by atoms with van der Waals surface area (Å²) in [6.45, 7) is 4.58. The molecule has 0 atom stereocenters. The summed E-state index contributed by atoms with van der Waals surface area (Å²) in [5, 5.41) is 6.99. The van der Waals surface area contributed by atoms with E-state index in [4.69, 9.17) is 11.6 Å². The molecule has 3 aromatic rings. The van der Waals surface area contributed by atoms with Gasteiger partial charge in [0.2, 0.25) is 0 Å². The van der Waals surface area contributed by atoms with Gasteiger partial charge >= 0.3 is 6.18 Å². The average molecular weight is 423 g/mol. The number of hydrogen-bond acceptors (Lipinski definition) is 4. The third kappa shape index (κ3) is 4.59. The molecular weight excluding hydrogens is 405 g/mol. The third-order valence-electron chi connectivity index (χ3n) is 4.49. The van der Waals surface area contributed by atoms with Gasteiger partial charge in [0.1, 0.15) is 5.02 Å². The molecule has 2 aromatic heterocycles. The van der Waals surface area contributed by atoms with E-state index >= 15 is 0 Å². The van der Waals surface area contributed by atoms with Crippen molar-refractivity contribution in [2.45, 2.75) is 25.4 Å². The number of nitrogens with one attached hydrogen (secondary N) is 1. The summed E-state index contributed by atoms with van der Waals surface area (Å²) < 4.78 is 38.9. The average Bonchev–Trinajstić information content (AvgIpc) is 2.69. The number of nitrogens with zero attached hydrogens (tertiary/aromatic N) is 3. The van der Waals surface area contributed by atoms with E-state index < -0.39 is 17.3 Å². The van der Waals surface area contributed by atoms with Crippen molar-refractivity contribution in [1.29, 1.82) is 0 Å². The van der Waals surface area contributed by atoms with Crippen molar-refractivity contribution in [2.75, 3.05) is 11.9 Å². The number of benzene rings is 1. The van der Waals surface area contributed by atoms with Crippen LogP contribution >= 0.6 is 11.6 Å². The number of hydrogen-bond donors (Lipinski definition) is 1. The van der Waals surface area contributed by atoms with Gasteiger partial charge in [-0.25, -0.2) is 4.98 Å². The Hall–Kier alpha value is -2.87. The molecule has 0 aliphatic heterocycles. The molecule has 0 saturated heterocycles. The first-order chi connectivity index (χ1) is 13.6. The van der Waals surface area contributed by atoms with Gasteiger partial charge in [0.15, 0.2) is 5.82 Å². The molecule has 0 unspecified atom stereocenters. The van der Waals surface area contributed by atoms with E-state index in [2.05, 4.69) is 15.4 Å². The van der Waals surface area contributed by atoms with Crippen LogP contribution in [0.4, 0.5) is 18.9 Å². The van der Waals surface area contributed by atoms with Gasteiger partial charge in [-0.2, -0.15) is 23.0 Å². The van der Waals surface area contributed by atoms with E-state index in [1.165, 1.54) is 6.20 Å². The zero-order valence-corrected chi connectivity index (χ0v) is 16.4. The second-order valence-electron chi connectivity index (χ2n) is 7.10. The molecule has 0 bridgehead atoms. The summed E-state index contributed by atoms with van der Waals surface area (Å²) >= 11 is 6.18. The molecule has 0 fully saturated rings. The second-order valence-corrected chi connectivity index (χ2v) is 7.47. The number of pyridine rings is 1. The van der Waals surface area contributed by atoms with Crippen LogP contribution in [0.25, 0.3) is 5.82 Å². The van der Waals surface area contributed by atoms with E-state index in [9.17, 15) is 18.0 Å². The van der Waals surface area contributed by atoms with E-state index in [1.807, 2.05) is 44.2 Å². The Morgan fingerprint density at radius 1 is 1.03 bits per heavy atom. The highest BCUT2D eigenvalue weighted by Crippen LogP contribution is 2.29. The van der Waals surface area contributed by atoms with Crippen LogP contribution in [0.2, 0.25) is 5.02 Å². The summed E-state index contributed by atoms with van der Waals surface area (Å²) in [4.78, 5) is 16.2. The Labute approximate surface area is 170 Å². The zero-order chi connectivity index (χ0) is 21.2. The summed E-state index contributed by atoms with van der Waals surface area (Å²) in [6, 6.07) is 11.8. The highest BCUT2D eigenvalue weighted by molar-refractivity contribution is 6.32. The van der Waals surface area contributed by atoms with E-state index in [0.717, 1.165) is 22.4 Å². The van der Waals surface area contributed by atoms with E-state index in [0.29, 0.717) is 18.4 Å². The second kappa shape index (κ2) is 7.87. The lowest BCUT2D eigenvalue weighted by Gasteiger charge is -2.26. The summed E-state index contributed by atoms with van der Waals surface area (Å²) in [5.74, 6) is -0.0546. The predicted molar refractivity (Wildman–Crippen MR) is 106 cm³/mol. The maximum atomic E-state index is 12.7. The van der Waals surface area contributed by atoms with E-state index in [-0.39, 0.29) is 16.3 Å². The van der Waals surface area contributed by atoms with Crippen LogP contribution in [-0.2, 0) is 11.6 Å². The minimum absolute atomic E-state index is 0.0546. The molecule has 0 radical (unpaired) electrons. The van der Waals surface area contributed by atoms with Crippen LogP contribution in [0.5, 0.6) is 0 Å². The van der Waals surface area contributed by atoms with Crippen molar-refractivity contribution >= 4 is 17.3 Å². The smallest absolute Gasteiger partial charge is 0.381 e. The van der Waals surface area contributed by atoms with Crippen molar-refractivity contribution < 1.29 is 13.2 Å². The molecule has 5 nitrogen and oxygen atoms in total. The quantitative estimate of drug-likeness (QED) is 0.648. The molecule has 152 valence electrons. The minimum Gasteiger partial charge on any atom is -0.381 e. The molecule has 3 rings (SSSR count). The van der Waals surface area contributed by atoms with Crippen LogP contribution in [0, 0.1) is 0 Å². The number of rotatable bonds is 5. The highest BCUT2D eigenvalue weighted by Gasteiger charge is 2.30. The van der Waals surface area contributed by atoms with Crippen molar-refractivity contribution in [3.05, 3.63) is 81.4 Å². The normalized spacial score (nSPS) is 12.1. The van der Waals surface area contributed by atoms with Crippen molar-refractivity contribution in [3.8, 4) is 5.82 Å². The Morgan fingerprint density at radius 3 is 2.31 bits per heavy atom. The summed E-state index contributed by atoms with van der Waals surface area (Å²) in [6.07, 6.45) is -2.52. The maximum absolute atomic E-state index is 12.7. The lowest BCUT2D eigenvalue weighted by molar-refractivity contribution is -0.137. The van der Waals surface area contributed by atoms with Gasteiger partial charge in [0.25, 0.3) is 5.56 Å². The Bertz CT molecular complexity index is 1050. The first-order valence-corrected chi connectivity index (χ1v) is 9.08.